The smallest absolute Gasteiger partial charge is 0.240 e. The number of ether oxygens (including phenoxy) is 1. The molecule has 1 N–H and O–H groups in total. The topological polar surface area (TPSA) is 55.4 Å². The van der Waals surface area contributed by atoms with Gasteiger partial charge >= 0.3 is 0 Å². The van der Waals surface area contributed by atoms with E-state index in [0.717, 1.165) is 33.8 Å². The number of benzene rings is 4. The van der Waals surface area contributed by atoms with E-state index in [-0.39, 0.29) is 23.3 Å². The molecule has 0 bridgehead atoms. The number of aryl methyl sites for hydroxylation is 1. The van der Waals surface area contributed by atoms with E-state index in [1.807, 2.05) is 73.7 Å². The number of nitrogens with one attached hydrogen (secondary N) is 1. The number of sulfonamides is 1. The number of hydrogen-bond acceptors (Lipinski definition) is 3. The monoisotopic (exact) mass is 455 g/mol. The zero-order valence-electron chi connectivity index (χ0n) is 18.3. The summed E-state index contributed by atoms with van der Waals surface area (Å²) in [5, 5.41) is 0. The molecule has 0 aromatic heterocycles. The highest BCUT2D eigenvalue weighted by Gasteiger charge is 2.34. The minimum Gasteiger partial charge on any atom is -0.457 e. The number of para-hydroxylation sites is 2. The molecule has 0 aliphatic carbocycles. The molecule has 4 aromatic carbocycles. The SMILES string of the molecule is Cc1ccc(S(=O)(=O)NCC(c2ccccc2)C2c3ccccc3Oc3ccccc32)cc1. The molecule has 4 nitrogen and oxygen atoms in total. The van der Waals surface area contributed by atoms with Crippen LogP contribution in [0.15, 0.2) is 108 Å². The average Bonchev–Trinajstić information content (AvgIpc) is 2.84. The van der Waals surface area contributed by atoms with Crippen molar-refractivity contribution in [2.75, 3.05) is 6.54 Å². The van der Waals surface area contributed by atoms with Gasteiger partial charge in [0.2, 0.25) is 10.0 Å². The first-order valence-electron chi connectivity index (χ1n) is 11.0. The predicted molar refractivity (Wildman–Crippen MR) is 130 cm³/mol. The van der Waals surface area contributed by atoms with Crippen LogP contribution in [0.3, 0.4) is 0 Å². The fraction of sp³-hybridized carbons (Fsp3) is 0.143. The van der Waals surface area contributed by atoms with E-state index in [1.54, 1.807) is 12.1 Å². The number of fused-ring (bicyclic) bond motifs is 2. The van der Waals surface area contributed by atoms with Gasteiger partial charge in [-0.2, -0.15) is 0 Å². The summed E-state index contributed by atoms with van der Waals surface area (Å²) < 4.78 is 35.3. The molecule has 1 aliphatic rings. The second kappa shape index (κ2) is 8.85. The highest BCUT2D eigenvalue weighted by Crippen LogP contribution is 2.49. The molecular weight excluding hydrogens is 430 g/mol. The van der Waals surface area contributed by atoms with Crippen LogP contribution in [-0.2, 0) is 10.0 Å². The summed E-state index contributed by atoms with van der Waals surface area (Å²) in [5.74, 6) is 1.43. The summed E-state index contributed by atoms with van der Waals surface area (Å²) in [6.07, 6.45) is 0. The van der Waals surface area contributed by atoms with Crippen molar-refractivity contribution in [1.82, 2.24) is 4.72 Å². The van der Waals surface area contributed by atoms with E-state index in [2.05, 4.69) is 29.0 Å². The molecule has 1 atom stereocenters. The van der Waals surface area contributed by atoms with Crippen molar-refractivity contribution in [3.63, 3.8) is 0 Å². The lowest BCUT2D eigenvalue weighted by atomic mass is 9.75. The Morgan fingerprint density at radius 3 is 1.91 bits per heavy atom. The normalized spacial score (nSPS) is 14.1. The maximum absolute atomic E-state index is 13.1. The summed E-state index contributed by atoms with van der Waals surface area (Å²) in [5.41, 5.74) is 4.20. The third-order valence-electron chi connectivity index (χ3n) is 6.18. The van der Waals surface area contributed by atoms with Crippen molar-refractivity contribution >= 4 is 10.0 Å². The van der Waals surface area contributed by atoms with Gasteiger partial charge in [-0.1, -0.05) is 84.4 Å². The van der Waals surface area contributed by atoms with Crippen LogP contribution in [0.4, 0.5) is 0 Å². The van der Waals surface area contributed by atoms with Gasteiger partial charge in [0.25, 0.3) is 0 Å². The van der Waals surface area contributed by atoms with Crippen LogP contribution in [0.1, 0.15) is 34.1 Å². The molecule has 1 heterocycles. The maximum Gasteiger partial charge on any atom is 0.240 e. The average molecular weight is 456 g/mol. The molecule has 4 aromatic rings. The van der Waals surface area contributed by atoms with E-state index in [0.29, 0.717) is 0 Å². The molecule has 0 radical (unpaired) electrons. The lowest BCUT2D eigenvalue weighted by Gasteiger charge is -2.34. The Morgan fingerprint density at radius 1 is 0.758 bits per heavy atom. The summed E-state index contributed by atoms with van der Waals surface area (Å²) in [4.78, 5) is 0.271. The van der Waals surface area contributed by atoms with Crippen molar-refractivity contribution in [3.8, 4) is 11.5 Å². The number of hydrogen-bond donors (Lipinski definition) is 1. The highest BCUT2D eigenvalue weighted by atomic mass is 32.2. The summed E-state index contributed by atoms with van der Waals surface area (Å²) in [6, 6.07) is 33.0. The molecule has 1 aliphatic heterocycles. The molecule has 33 heavy (non-hydrogen) atoms. The van der Waals surface area contributed by atoms with Crippen molar-refractivity contribution in [1.29, 1.82) is 0 Å². The van der Waals surface area contributed by atoms with E-state index in [1.165, 1.54) is 0 Å². The van der Waals surface area contributed by atoms with Gasteiger partial charge in [-0.15, -0.1) is 0 Å². The molecule has 1 unspecified atom stereocenters. The van der Waals surface area contributed by atoms with Crippen LogP contribution in [0.25, 0.3) is 0 Å². The largest absolute Gasteiger partial charge is 0.457 e. The molecule has 0 fully saturated rings. The van der Waals surface area contributed by atoms with Gasteiger partial charge in [-0.3, -0.25) is 0 Å². The summed E-state index contributed by atoms with van der Waals surface area (Å²) >= 11 is 0. The first-order chi connectivity index (χ1) is 16.0. The van der Waals surface area contributed by atoms with Gasteiger partial charge in [0.1, 0.15) is 11.5 Å². The van der Waals surface area contributed by atoms with Crippen molar-refractivity contribution < 1.29 is 13.2 Å². The van der Waals surface area contributed by atoms with Crippen LogP contribution in [0.5, 0.6) is 11.5 Å². The Labute approximate surface area is 194 Å². The van der Waals surface area contributed by atoms with E-state index in [9.17, 15) is 8.42 Å². The van der Waals surface area contributed by atoms with Crippen molar-refractivity contribution in [2.24, 2.45) is 0 Å². The Kier molecular flexibility index (Phi) is 5.75. The highest BCUT2D eigenvalue weighted by molar-refractivity contribution is 7.89. The molecule has 0 saturated carbocycles. The first kappa shape index (κ1) is 21.4. The molecule has 0 amide bonds. The standard InChI is InChI=1S/C28H25NO3S/c1-20-15-17-22(18-16-20)33(30,31)29-19-25(21-9-3-2-4-10-21)28-23-11-5-7-13-26(23)32-27-14-8-6-12-24(27)28/h2-18,25,28-29H,19H2,1H3. The Hall–Kier alpha value is -3.41. The lowest BCUT2D eigenvalue weighted by molar-refractivity contribution is 0.428. The minimum atomic E-state index is -3.65. The second-order valence-corrected chi connectivity index (χ2v) is 10.1. The first-order valence-corrected chi connectivity index (χ1v) is 12.5. The molecule has 0 saturated heterocycles. The van der Waals surface area contributed by atoms with Gasteiger partial charge in [-0.25, -0.2) is 13.1 Å². The molecule has 5 heteroatoms. The second-order valence-electron chi connectivity index (χ2n) is 8.34. The number of rotatable bonds is 6. The van der Waals surface area contributed by atoms with Gasteiger partial charge in [-0.05, 0) is 36.8 Å². The molecular formula is C28H25NO3S. The summed E-state index contributed by atoms with van der Waals surface area (Å²) in [6.45, 7) is 2.20. The summed E-state index contributed by atoms with van der Waals surface area (Å²) in [7, 11) is -3.65. The lowest BCUT2D eigenvalue weighted by Crippen LogP contribution is -2.32. The minimum absolute atomic E-state index is 0.0609. The molecule has 5 rings (SSSR count). The Bertz CT molecular complexity index is 1320. The van der Waals surface area contributed by atoms with Crippen LogP contribution >= 0.6 is 0 Å². The Balaban J connectivity index is 1.57. The Morgan fingerprint density at radius 2 is 1.30 bits per heavy atom. The zero-order valence-corrected chi connectivity index (χ0v) is 19.1. The fourth-order valence-corrected chi connectivity index (χ4v) is 5.57. The van der Waals surface area contributed by atoms with E-state index >= 15 is 0 Å². The van der Waals surface area contributed by atoms with Crippen LogP contribution in [-0.4, -0.2) is 15.0 Å². The van der Waals surface area contributed by atoms with Gasteiger partial charge < -0.3 is 4.74 Å². The fourth-order valence-electron chi connectivity index (χ4n) is 4.51. The van der Waals surface area contributed by atoms with E-state index in [4.69, 9.17) is 4.74 Å². The zero-order chi connectivity index (χ0) is 22.8. The van der Waals surface area contributed by atoms with Gasteiger partial charge in [0.05, 0.1) is 4.90 Å². The third kappa shape index (κ3) is 4.30. The van der Waals surface area contributed by atoms with E-state index < -0.39 is 10.0 Å². The molecule has 0 spiro atoms. The van der Waals surface area contributed by atoms with Gasteiger partial charge in [0, 0.05) is 29.5 Å². The van der Waals surface area contributed by atoms with Gasteiger partial charge in [0.15, 0.2) is 0 Å². The van der Waals surface area contributed by atoms with Crippen LogP contribution in [0, 0.1) is 6.92 Å². The van der Waals surface area contributed by atoms with Crippen LogP contribution < -0.4 is 9.46 Å². The maximum atomic E-state index is 13.1. The third-order valence-corrected chi connectivity index (χ3v) is 7.62. The predicted octanol–water partition coefficient (Wildman–Crippen LogP) is 5.99. The van der Waals surface area contributed by atoms with Crippen molar-refractivity contribution in [2.45, 2.75) is 23.7 Å². The van der Waals surface area contributed by atoms with Crippen molar-refractivity contribution in [3.05, 3.63) is 125 Å². The van der Waals surface area contributed by atoms with Crippen LogP contribution in [0.2, 0.25) is 0 Å². The molecule has 166 valence electrons. The quantitative estimate of drug-likeness (QED) is 0.388.